The Morgan fingerprint density at radius 1 is 0.438 bits per heavy atom. The van der Waals surface area contributed by atoms with Crippen LogP contribution in [0.3, 0.4) is 0 Å². The topological polar surface area (TPSA) is 0 Å². The predicted molar refractivity (Wildman–Crippen MR) is 161 cm³/mol. The van der Waals surface area contributed by atoms with Crippen molar-refractivity contribution in [2.75, 3.05) is 0 Å². The van der Waals surface area contributed by atoms with E-state index in [0.29, 0.717) is 12.8 Å². The van der Waals surface area contributed by atoms with Gasteiger partial charge in [-0.3, -0.25) is 0 Å². The molecule has 0 rings (SSSR count). The molecule has 1 unspecified atom stereocenters. The Labute approximate surface area is 283 Å². The third-order valence-corrected chi connectivity index (χ3v) is 10.8. The van der Waals surface area contributed by atoms with Crippen LogP contribution in [0.4, 0.5) is 65.9 Å². The minimum atomic E-state index is -8.25. The van der Waals surface area contributed by atoms with E-state index in [1.54, 1.807) is 6.55 Å². The Bertz CT molecular complexity index is 891. The van der Waals surface area contributed by atoms with Gasteiger partial charge in [-0.1, -0.05) is 116 Å². The Kier molecular flexibility index (Phi) is 19.4. The number of halogens is 17. The van der Waals surface area contributed by atoms with E-state index >= 15 is 0 Å². The first-order valence-corrected chi connectivity index (χ1v) is 21.1. The van der Waals surface area contributed by atoms with Crippen molar-refractivity contribution in [3.05, 3.63) is 0 Å². The highest BCUT2D eigenvalue weighted by Gasteiger charge is 2.93. The normalized spacial score (nSPS) is 15.3. The molecule has 0 N–H and O–H groups in total. The van der Waals surface area contributed by atoms with Crippen LogP contribution in [0.15, 0.2) is 0 Å². The highest BCUT2D eigenvalue weighted by Crippen LogP contribution is 2.62. The van der Waals surface area contributed by atoms with E-state index in [4.69, 9.17) is 22.2 Å². The van der Waals surface area contributed by atoms with Crippen molar-refractivity contribution < 1.29 is 65.9 Å². The van der Waals surface area contributed by atoms with Gasteiger partial charge >= 0.3 is 41.7 Å². The molecule has 290 valence electrons. The molecular formula is C30H47Cl2F15Si. The summed E-state index contributed by atoms with van der Waals surface area (Å²) in [6, 6.07) is 0.235. The van der Waals surface area contributed by atoms with Crippen molar-refractivity contribution in [2.24, 2.45) is 5.92 Å². The second-order valence-corrected chi connectivity index (χ2v) is 21.1. The van der Waals surface area contributed by atoms with Gasteiger partial charge in [0, 0.05) is 6.42 Å². The maximum Gasteiger partial charge on any atom is 0.460 e. The fraction of sp³-hybridized carbons (Fsp3) is 1.00. The van der Waals surface area contributed by atoms with Gasteiger partial charge in [-0.2, -0.15) is 65.9 Å². The van der Waals surface area contributed by atoms with Gasteiger partial charge in [0.1, 0.15) is 0 Å². The van der Waals surface area contributed by atoms with Crippen LogP contribution >= 0.6 is 22.2 Å². The first-order chi connectivity index (χ1) is 21.6. The van der Waals surface area contributed by atoms with E-state index in [1.165, 1.54) is 44.9 Å². The fourth-order valence-electron chi connectivity index (χ4n) is 5.29. The molecule has 0 saturated heterocycles. The molecule has 0 saturated carbocycles. The van der Waals surface area contributed by atoms with Gasteiger partial charge in [0.05, 0.1) is 0 Å². The molecule has 0 fully saturated rings. The van der Waals surface area contributed by atoms with Gasteiger partial charge in [-0.15, -0.1) is 22.2 Å². The first-order valence-electron chi connectivity index (χ1n) is 16.4. The van der Waals surface area contributed by atoms with Crippen molar-refractivity contribution in [1.29, 1.82) is 0 Å². The first kappa shape index (κ1) is 47.7. The molecule has 0 aliphatic heterocycles. The third-order valence-electron chi connectivity index (χ3n) is 8.45. The molecule has 0 radical (unpaired) electrons. The molecule has 1 atom stereocenters. The van der Waals surface area contributed by atoms with E-state index in [-0.39, 0.29) is 18.9 Å². The van der Waals surface area contributed by atoms with Crippen LogP contribution in [0, 0.1) is 5.92 Å². The summed E-state index contributed by atoms with van der Waals surface area (Å²) in [6.45, 7) is 0.985. The summed E-state index contributed by atoms with van der Waals surface area (Å²) in [4.78, 5) is 0. The molecule has 0 bridgehead atoms. The zero-order chi connectivity index (χ0) is 37.7. The molecule has 18 heteroatoms. The number of unbranched alkanes of at least 4 members (excludes halogenated alkanes) is 13. The van der Waals surface area contributed by atoms with Crippen LogP contribution in [0.1, 0.15) is 129 Å². The summed E-state index contributed by atoms with van der Waals surface area (Å²) in [7, 11) is 0. The molecule has 0 nitrogen and oxygen atoms in total. The lowest BCUT2D eigenvalue weighted by molar-refractivity contribution is -0.452. The maximum atomic E-state index is 14.3. The number of hydrogen-bond donors (Lipinski definition) is 0. The summed E-state index contributed by atoms with van der Waals surface area (Å²) in [5.41, 5.74) is 0. The van der Waals surface area contributed by atoms with E-state index in [2.05, 4.69) is 6.92 Å². The summed E-state index contributed by atoms with van der Waals surface area (Å²) in [6.07, 6.45) is 4.23. The standard InChI is InChI=1S/C30H47Cl2F15Si/c1-3-4-5-6-7-8-9-10-11-12-13-14-15-16-18-23(20-22-48(2,31)32)19-17-21-24(33,34)25(35,36)26(37,38)27(39,40)28(41,42)29(43,44)30(45,46)47/h23H,3-22H2,1-2H3. The molecule has 0 aliphatic carbocycles. The molecule has 0 aromatic rings. The van der Waals surface area contributed by atoms with Crippen molar-refractivity contribution in [1.82, 2.24) is 0 Å². The number of rotatable bonds is 27. The average molecular weight is 792 g/mol. The van der Waals surface area contributed by atoms with Gasteiger partial charge in [0.2, 0.25) is 6.69 Å². The van der Waals surface area contributed by atoms with E-state index in [1.807, 2.05) is 0 Å². The van der Waals surface area contributed by atoms with Crippen LogP contribution < -0.4 is 0 Å². The van der Waals surface area contributed by atoms with Crippen LogP contribution in [-0.4, -0.2) is 48.4 Å². The Balaban J connectivity index is 5.15. The van der Waals surface area contributed by atoms with Crippen molar-refractivity contribution in [2.45, 2.75) is 183 Å². The molecule has 0 spiro atoms. The molecule has 0 heterocycles. The predicted octanol–water partition coefficient (Wildman–Crippen LogP) is 15.0. The van der Waals surface area contributed by atoms with Gasteiger partial charge in [-0.05, 0) is 24.9 Å². The number of hydrogen-bond acceptors (Lipinski definition) is 0. The Morgan fingerprint density at radius 3 is 1.15 bits per heavy atom. The lowest BCUT2D eigenvalue weighted by Gasteiger charge is -2.41. The Morgan fingerprint density at radius 2 is 0.771 bits per heavy atom. The van der Waals surface area contributed by atoms with Crippen LogP contribution in [0.2, 0.25) is 12.6 Å². The molecule has 0 aromatic carbocycles. The lowest BCUT2D eigenvalue weighted by atomic mass is 9.87. The molecule has 0 aliphatic rings. The fourth-order valence-corrected chi connectivity index (χ4v) is 6.86. The van der Waals surface area contributed by atoms with Crippen molar-refractivity contribution in [3.63, 3.8) is 0 Å². The van der Waals surface area contributed by atoms with E-state index in [9.17, 15) is 65.9 Å². The summed E-state index contributed by atoms with van der Waals surface area (Å²) in [5, 5.41) is 0. The largest absolute Gasteiger partial charge is 0.460 e. The lowest BCUT2D eigenvalue weighted by Crippen LogP contribution is -2.72. The zero-order valence-corrected chi connectivity index (χ0v) is 29.7. The second-order valence-electron chi connectivity index (χ2n) is 12.8. The monoisotopic (exact) mass is 790 g/mol. The van der Waals surface area contributed by atoms with Gasteiger partial charge in [0.25, 0.3) is 0 Å². The average Bonchev–Trinajstić information content (AvgIpc) is 2.94. The highest BCUT2D eigenvalue weighted by atomic mass is 35.7. The van der Waals surface area contributed by atoms with Crippen LogP contribution in [-0.2, 0) is 0 Å². The molecule has 0 aromatic heterocycles. The van der Waals surface area contributed by atoms with E-state index < -0.39 is 67.2 Å². The SMILES string of the molecule is CCCCCCCCCCCCCCCCC(CCCC(F)(F)C(F)(F)C(F)(F)C(F)(F)C(F)(F)C(F)(F)C(F)(F)F)CC[Si](C)(Cl)Cl. The molecule has 48 heavy (non-hydrogen) atoms. The summed E-state index contributed by atoms with van der Waals surface area (Å²) in [5.74, 6) is -46.6. The van der Waals surface area contributed by atoms with Crippen LogP contribution in [0.25, 0.3) is 0 Å². The minimum Gasteiger partial charge on any atom is -0.200 e. The molecular weight excluding hydrogens is 744 g/mol. The van der Waals surface area contributed by atoms with Gasteiger partial charge < -0.3 is 0 Å². The van der Waals surface area contributed by atoms with Crippen molar-refractivity contribution >= 4 is 28.9 Å². The van der Waals surface area contributed by atoms with Gasteiger partial charge in [0.15, 0.2) is 0 Å². The molecule has 0 amide bonds. The third kappa shape index (κ3) is 13.4. The zero-order valence-electron chi connectivity index (χ0n) is 27.1. The van der Waals surface area contributed by atoms with Crippen molar-refractivity contribution in [3.8, 4) is 0 Å². The second kappa shape index (κ2) is 19.5. The van der Waals surface area contributed by atoms with Crippen LogP contribution in [0.5, 0.6) is 0 Å². The number of alkyl halides is 15. The summed E-state index contributed by atoms with van der Waals surface area (Å²) >= 11 is 12.1. The highest BCUT2D eigenvalue weighted by molar-refractivity contribution is 7.44. The maximum absolute atomic E-state index is 14.3. The van der Waals surface area contributed by atoms with Gasteiger partial charge in [-0.25, -0.2) is 0 Å². The van der Waals surface area contributed by atoms with E-state index in [0.717, 1.165) is 38.5 Å². The minimum absolute atomic E-state index is 0.225. The summed E-state index contributed by atoms with van der Waals surface area (Å²) < 4.78 is 202. The Hall–Kier alpha value is -0.253. The quantitative estimate of drug-likeness (QED) is 0.0336. The smallest absolute Gasteiger partial charge is 0.200 e.